The second kappa shape index (κ2) is 6.48. The van der Waals surface area contributed by atoms with Crippen molar-refractivity contribution < 1.29 is 19.2 Å². The highest BCUT2D eigenvalue weighted by Crippen LogP contribution is 2.25. The minimum atomic E-state index is -0.684. The lowest BCUT2D eigenvalue weighted by atomic mass is 10.1. The minimum Gasteiger partial charge on any atom is -0.348 e. The molecule has 0 spiro atoms. The maximum atomic E-state index is 12.7. The van der Waals surface area contributed by atoms with E-state index in [0.717, 1.165) is 4.90 Å². The zero-order valence-electron chi connectivity index (χ0n) is 15.5. The molecule has 0 fully saturated rings. The number of fused-ring (bicyclic) bond motifs is 2. The van der Waals surface area contributed by atoms with Gasteiger partial charge in [0.15, 0.2) is 0 Å². The van der Waals surface area contributed by atoms with Gasteiger partial charge < -0.3 is 4.90 Å². The Morgan fingerprint density at radius 1 is 0.724 bits per heavy atom. The molecular weight excluding hydrogens is 374 g/mol. The van der Waals surface area contributed by atoms with E-state index >= 15 is 0 Å². The molecule has 1 N–H and O–H groups in total. The number of hydrogen-bond acceptors (Lipinski definition) is 5. The highest BCUT2D eigenvalue weighted by Gasteiger charge is 2.42. The molecule has 0 aromatic heterocycles. The van der Waals surface area contributed by atoms with Crippen molar-refractivity contribution in [3.8, 4) is 0 Å². The van der Waals surface area contributed by atoms with Gasteiger partial charge in [-0.15, -0.1) is 0 Å². The van der Waals surface area contributed by atoms with Crippen LogP contribution in [0.15, 0.2) is 53.5 Å². The number of nitrogens with zero attached hydrogens (tertiary/aromatic N) is 4. The fraction of sp³-hybridized carbons (Fsp3) is 0.100. The summed E-state index contributed by atoms with van der Waals surface area (Å²) in [4.78, 5) is 57.4. The number of carbonyl (C=O) groups is 4. The Morgan fingerprint density at radius 2 is 1.07 bits per heavy atom. The number of guanidine groups is 2. The van der Waals surface area contributed by atoms with E-state index in [0.29, 0.717) is 4.90 Å². The van der Waals surface area contributed by atoms with Crippen LogP contribution in [0.2, 0.25) is 0 Å². The molecule has 0 saturated carbocycles. The quantitative estimate of drug-likeness (QED) is 0.416. The average Bonchev–Trinajstić information content (AvgIpc) is 3.11. The van der Waals surface area contributed by atoms with Crippen LogP contribution in [0.3, 0.4) is 0 Å². The van der Waals surface area contributed by atoms with Gasteiger partial charge in [0, 0.05) is 14.1 Å². The van der Waals surface area contributed by atoms with Crippen LogP contribution in [0.4, 0.5) is 0 Å². The molecule has 9 nitrogen and oxygen atoms in total. The van der Waals surface area contributed by atoms with E-state index < -0.39 is 29.6 Å². The van der Waals surface area contributed by atoms with Gasteiger partial charge in [0.25, 0.3) is 23.6 Å². The topological polar surface area (TPSA) is 114 Å². The van der Waals surface area contributed by atoms with E-state index in [1.807, 2.05) is 0 Å². The predicted molar refractivity (Wildman–Crippen MR) is 103 cm³/mol. The van der Waals surface area contributed by atoms with Gasteiger partial charge in [0.2, 0.25) is 11.9 Å². The van der Waals surface area contributed by atoms with Crippen molar-refractivity contribution in [1.82, 2.24) is 14.7 Å². The van der Waals surface area contributed by atoms with E-state index in [-0.39, 0.29) is 28.2 Å². The van der Waals surface area contributed by atoms with Crippen LogP contribution in [0, 0.1) is 5.41 Å². The van der Waals surface area contributed by atoms with Gasteiger partial charge in [-0.3, -0.25) is 24.6 Å². The third-order valence-corrected chi connectivity index (χ3v) is 4.61. The van der Waals surface area contributed by atoms with E-state index in [4.69, 9.17) is 5.41 Å². The maximum absolute atomic E-state index is 12.7. The van der Waals surface area contributed by atoms with Gasteiger partial charge in [0.1, 0.15) is 0 Å². The summed E-state index contributed by atoms with van der Waals surface area (Å²) >= 11 is 0. The molecule has 4 amide bonds. The molecule has 9 heteroatoms. The predicted octanol–water partition coefficient (Wildman–Crippen LogP) is 1.43. The van der Waals surface area contributed by atoms with E-state index in [2.05, 4.69) is 4.99 Å². The normalized spacial score (nSPS) is 15.7. The molecule has 2 aromatic rings. The zero-order valence-corrected chi connectivity index (χ0v) is 15.5. The minimum absolute atomic E-state index is 0.169. The molecular formula is C20H15N5O4. The van der Waals surface area contributed by atoms with E-state index in [1.54, 1.807) is 24.3 Å². The first-order chi connectivity index (χ1) is 13.8. The molecule has 0 bridgehead atoms. The number of hydrogen-bond donors (Lipinski definition) is 1. The first-order valence-electron chi connectivity index (χ1n) is 8.63. The summed E-state index contributed by atoms with van der Waals surface area (Å²) in [5.74, 6) is -3.39. The standard InChI is InChI=1S/C20H15N5O4/c1-23(2)20(25-17(28)13-9-5-6-10-14(13)18(25)29)22-19(21)24-15(26)11-7-3-4-8-12(11)16(24)27/h3-10,21H,1-2H3/b21-19?,22-20+. The lowest BCUT2D eigenvalue weighted by Gasteiger charge is -2.23. The molecule has 2 aliphatic heterocycles. The second-order valence-electron chi connectivity index (χ2n) is 6.61. The number of benzene rings is 2. The van der Waals surface area contributed by atoms with E-state index in [1.165, 1.54) is 43.3 Å². The van der Waals surface area contributed by atoms with Crippen molar-refractivity contribution in [2.45, 2.75) is 0 Å². The lowest BCUT2D eigenvalue weighted by molar-refractivity contribution is 0.0729. The monoisotopic (exact) mass is 389 g/mol. The number of imide groups is 2. The summed E-state index contributed by atoms with van der Waals surface area (Å²) in [5, 5.41) is 8.22. The molecule has 0 saturated heterocycles. The van der Waals surface area contributed by atoms with Crippen LogP contribution in [0.1, 0.15) is 41.4 Å². The Hall–Kier alpha value is -4.14. The molecule has 29 heavy (non-hydrogen) atoms. The first-order valence-corrected chi connectivity index (χ1v) is 8.63. The molecule has 0 unspecified atom stereocenters. The van der Waals surface area contributed by atoms with Crippen LogP contribution < -0.4 is 0 Å². The summed E-state index contributed by atoms with van der Waals surface area (Å²) in [6.45, 7) is 0. The van der Waals surface area contributed by atoms with Crippen LogP contribution in [0.5, 0.6) is 0 Å². The number of nitrogens with one attached hydrogen (secondary N) is 1. The second-order valence-corrected chi connectivity index (χ2v) is 6.61. The fourth-order valence-corrected chi connectivity index (χ4v) is 3.25. The van der Waals surface area contributed by atoms with Gasteiger partial charge in [-0.1, -0.05) is 24.3 Å². The average molecular weight is 389 g/mol. The summed E-state index contributed by atoms with van der Waals surface area (Å²) in [6.07, 6.45) is 0. The molecule has 0 radical (unpaired) electrons. The van der Waals surface area contributed by atoms with Crippen molar-refractivity contribution in [3.05, 3.63) is 70.8 Å². The van der Waals surface area contributed by atoms with E-state index in [9.17, 15) is 19.2 Å². The van der Waals surface area contributed by atoms with Gasteiger partial charge in [-0.05, 0) is 24.3 Å². The number of aliphatic imine (C=N–C) groups is 1. The largest absolute Gasteiger partial charge is 0.348 e. The van der Waals surface area contributed by atoms with Gasteiger partial charge in [-0.2, -0.15) is 4.99 Å². The molecule has 0 aliphatic carbocycles. The number of rotatable bonds is 0. The first kappa shape index (κ1) is 18.2. The summed E-state index contributed by atoms with van der Waals surface area (Å²) < 4.78 is 0. The lowest BCUT2D eigenvalue weighted by Crippen LogP contribution is -2.46. The van der Waals surface area contributed by atoms with Gasteiger partial charge >= 0.3 is 0 Å². The Morgan fingerprint density at radius 3 is 1.41 bits per heavy atom. The fourth-order valence-electron chi connectivity index (χ4n) is 3.25. The molecule has 4 rings (SSSR count). The van der Waals surface area contributed by atoms with Crippen molar-refractivity contribution in [2.24, 2.45) is 4.99 Å². The zero-order chi connectivity index (χ0) is 20.9. The molecule has 0 atom stereocenters. The third kappa shape index (κ3) is 2.63. The van der Waals surface area contributed by atoms with Crippen molar-refractivity contribution in [3.63, 3.8) is 0 Å². The highest BCUT2D eigenvalue weighted by molar-refractivity contribution is 6.32. The molecule has 2 aromatic carbocycles. The molecule has 2 aliphatic rings. The van der Waals surface area contributed by atoms with Crippen molar-refractivity contribution >= 4 is 35.5 Å². The smallest absolute Gasteiger partial charge is 0.268 e. The maximum Gasteiger partial charge on any atom is 0.268 e. The highest BCUT2D eigenvalue weighted by atomic mass is 16.2. The molecule has 2 heterocycles. The number of carbonyl (C=O) groups excluding carboxylic acids is 4. The van der Waals surface area contributed by atoms with Crippen LogP contribution >= 0.6 is 0 Å². The van der Waals surface area contributed by atoms with Crippen LogP contribution in [-0.4, -0.2) is 64.3 Å². The van der Waals surface area contributed by atoms with Crippen molar-refractivity contribution in [2.75, 3.05) is 14.1 Å². The summed E-state index contributed by atoms with van der Waals surface area (Å²) in [6, 6.07) is 12.5. The summed E-state index contributed by atoms with van der Waals surface area (Å²) in [7, 11) is 3.08. The number of amides is 4. The van der Waals surface area contributed by atoms with Crippen molar-refractivity contribution in [1.29, 1.82) is 5.41 Å². The van der Waals surface area contributed by atoms with Gasteiger partial charge in [0.05, 0.1) is 22.3 Å². The van der Waals surface area contributed by atoms with Crippen LogP contribution in [-0.2, 0) is 0 Å². The van der Waals surface area contributed by atoms with Gasteiger partial charge in [-0.25, -0.2) is 9.80 Å². The Balaban J connectivity index is 1.72. The SMILES string of the molecule is CN(C)/C(=N\C(=N)N1C(=O)c2ccccc2C1=O)N1C(=O)c2ccccc2C1=O. The Bertz CT molecular complexity index is 1080. The molecule has 144 valence electrons. The Kier molecular flexibility index (Phi) is 4.08. The summed E-state index contributed by atoms with van der Waals surface area (Å²) in [5.41, 5.74) is 0.785. The third-order valence-electron chi connectivity index (χ3n) is 4.61. The Labute approximate surface area is 165 Å². The van der Waals surface area contributed by atoms with Crippen LogP contribution in [0.25, 0.3) is 0 Å².